The normalized spacial score (nSPS) is 18.8. The molecule has 17 heavy (non-hydrogen) atoms. The van der Waals surface area contributed by atoms with Crippen LogP contribution < -0.4 is 4.74 Å². The maximum absolute atomic E-state index is 9.91. The lowest BCUT2D eigenvalue weighted by atomic mass is 9.89. The van der Waals surface area contributed by atoms with Crippen molar-refractivity contribution in [1.82, 2.24) is 0 Å². The molecule has 0 aromatic heterocycles. The van der Waals surface area contributed by atoms with Crippen molar-refractivity contribution < 1.29 is 14.9 Å². The van der Waals surface area contributed by atoms with Crippen LogP contribution in [0.4, 0.5) is 0 Å². The zero-order valence-corrected chi connectivity index (χ0v) is 10.1. The zero-order chi connectivity index (χ0) is 12.1. The average Bonchev–Trinajstić information content (AvgIpc) is 2.36. The van der Waals surface area contributed by atoms with Gasteiger partial charge in [0.25, 0.3) is 0 Å². The number of aliphatic hydroxyl groups is 2. The van der Waals surface area contributed by atoms with E-state index < -0.39 is 0 Å². The number of fused-ring (bicyclic) bond motifs is 1. The van der Waals surface area contributed by atoms with Crippen LogP contribution in [0.25, 0.3) is 0 Å². The SMILES string of the molecule is OCCCCOc1ccc2c(c1)C(O)CCC2. The van der Waals surface area contributed by atoms with Gasteiger partial charge in [-0.3, -0.25) is 0 Å². The Morgan fingerprint density at radius 2 is 2.18 bits per heavy atom. The predicted molar refractivity (Wildman–Crippen MR) is 66.2 cm³/mol. The van der Waals surface area contributed by atoms with E-state index in [1.165, 1.54) is 5.56 Å². The van der Waals surface area contributed by atoms with E-state index in [1.54, 1.807) is 0 Å². The van der Waals surface area contributed by atoms with Gasteiger partial charge in [-0.25, -0.2) is 0 Å². The summed E-state index contributed by atoms with van der Waals surface area (Å²) < 4.78 is 5.60. The van der Waals surface area contributed by atoms with Crippen molar-refractivity contribution in [3.05, 3.63) is 29.3 Å². The Labute approximate surface area is 102 Å². The minimum Gasteiger partial charge on any atom is -0.494 e. The van der Waals surface area contributed by atoms with Gasteiger partial charge in [-0.05, 0) is 55.4 Å². The highest BCUT2D eigenvalue weighted by Gasteiger charge is 2.18. The van der Waals surface area contributed by atoms with E-state index in [0.29, 0.717) is 6.61 Å². The quantitative estimate of drug-likeness (QED) is 0.771. The molecule has 0 bridgehead atoms. The number of ether oxygens (including phenoxy) is 1. The van der Waals surface area contributed by atoms with Crippen LogP contribution in [0.1, 0.15) is 42.9 Å². The Balaban J connectivity index is 1.97. The van der Waals surface area contributed by atoms with E-state index in [9.17, 15) is 5.11 Å². The third kappa shape index (κ3) is 3.20. The van der Waals surface area contributed by atoms with E-state index in [-0.39, 0.29) is 12.7 Å². The van der Waals surface area contributed by atoms with E-state index in [1.807, 2.05) is 12.1 Å². The van der Waals surface area contributed by atoms with Gasteiger partial charge in [0.2, 0.25) is 0 Å². The predicted octanol–water partition coefficient (Wildman–Crippen LogP) is 2.21. The fraction of sp³-hybridized carbons (Fsp3) is 0.571. The molecule has 0 fully saturated rings. The molecule has 2 rings (SSSR count). The summed E-state index contributed by atoms with van der Waals surface area (Å²) in [5.74, 6) is 0.822. The van der Waals surface area contributed by atoms with Crippen molar-refractivity contribution >= 4 is 0 Å². The van der Waals surface area contributed by atoms with E-state index in [4.69, 9.17) is 9.84 Å². The van der Waals surface area contributed by atoms with Crippen molar-refractivity contribution in [2.75, 3.05) is 13.2 Å². The molecule has 0 radical (unpaired) electrons. The summed E-state index contributed by atoms with van der Waals surface area (Å²) in [5.41, 5.74) is 2.27. The van der Waals surface area contributed by atoms with Crippen molar-refractivity contribution in [2.45, 2.75) is 38.2 Å². The number of benzene rings is 1. The molecule has 1 aromatic rings. The Kier molecular flexibility index (Phi) is 4.40. The number of aliphatic hydroxyl groups excluding tert-OH is 2. The molecule has 1 unspecified atom stereocenters. The highest BCUT2D eigenvalue weighted by atomic mass is 16.5. The summed E-state index contributed by atoms with van der Waals surface area (Å²) in [6.07, 6.45) is 4.26. The molecule has 1 aliphatic carbocycles. The molecule has 0 heterocycles. The summed E-state index contributed by atoms with van der Waals surface area (Å²) in [5, 5.41) is 18.6. The molecule has 0 amide bonds. The van der Waals surface area contributed by atoms with E-state index >= 15 is 0 Å². The molecule has 0 saturated carbocycles. The first-order valence-corrected chi connectivity index (χ1v) is 6.36. The smallest absolute Gasteiger partial charge is 0.119 e. The number of aryl methyl sites for hydroxylation is 1. The molecule has 0 aliphatic heterocycles. The van der Waals surface area contributed by atoms with Crippen LogP contribution in [0, 0.1) is 0 Å². The first-order chi connectivity index (χ1) is 8.31. The van der Waals surface area contributed by atoms with Crippen LogP contribution in [0.2, 0.25) is 0 Å². The Morgan fingerprint density at radius 3 is 3.00 bits per heavy atom. The lowest BCUT2D eigenvalue weighted by molar-refractivity contribution is 0.156. The Morgan fingerprint density at radius 1 is 1.29 bits per heavy atom. The second kappa shape index (κ2) is 6.03. The van der Waals surface area contributed by atoms with Crippen molar-refractivity contribution in [3.8, 4) is 5.75 Å². The maximum Gasteiger partial charge on any atom is 0.119 e. The van der Waals surface area contributed by atoms with Gasteiger partial charge in [0.15, 0.2) is 0 Å². The van der Waals surface area contributed by atoms with Gasteiger partial charge in [0, 0.05) is 6.61 Å². The number of rotatable bonds is 5. The summed E-state index contributed by atoms with van der Waals surface area (Å²) in [6, 6.07) is 5.98. The molecule has 1 aromatic carbocycles. The van der Waals surface area contributed by atoms with Gasteiger partial charge >= 0.3 is 0 Å². The van der Waals surface area contributed by atoms with Crippen LogP contribution in [-0.2, 0) is 6.42 Å². The summed E-state index contributed by atoms with van der Waals surface area (Å²) in [6.45, 7) is 0.835. The van der Waals surface area contributed by atoms with Crippen molar-refractivity contribution in [2.24, 2.45) is 0 Å². The standard InChI is InChI=1S/C14H20O3/c15-8-1-2-9-17-12-7-6-11-4-3-5-14(16)13(11)10-12/h6-7,10,14-16H,1-5,8-9H2. The first kappa shape index (κ1) is 12.4. The number of hydrogen-bond acceptors (Lipinski definition) is 3. The van der Waals surface area contributed by atoms with Gasteiger partial charge < -0.3 is 14.9 Å². The first-order valence-electron chi connectivity index (χ1n) is 6.36. The molecule has 0 spiro atoms. The lowest BCUT2D eigenvalue weighted by Gasteiger charge is -2.21. The largest absolute Gasteiger partial charge is 0.494 e. The average molecular weight is 236 g/mol. The number of hydrogen-bond donors (Lipinski definition) is 2. The third-order valence-corrected chi connectivity index (χ3v) is 3.22. The Bertz CT molecular complexity index is 362. The summed E-state index contributed by atoms with van der Waals surface area (Å²) >= 11 is 0. The van der Waals surface area contributed by atoms with Gasteiger partial charge in [0.05, 0.1) is 12.7 Å². The van der Waals surface area contributed by atoms with Gasteiger partial charge in [-0.2, -0.15) is 0 Å². The van der Waals surface area contributed by atoms with Crippen LogP contribution in [0.5, 0.6) is 5.75 Å². The molecule has 0 saturated heterocycles. The summed E-state index contributed by atoms with van der Waals surface area (Å²) in [7, 11) is 0. The third-order valence-electron chi connectivity index (χ3n) is 3.22. The van der Waals surface area contributed by atoms with Crippen LogP contribution in [0.15, 0.2) is 18.2 Å². The maximum atomic E-state index is 9.91. The molecular formula is C14H20O3. The van der Waals surface area contributed by atoms with Crippen molar-refractivity contribution in [1.29, 1.82) is 0 Å². The minimum absolute atomic E-state index is 0.215. The summed E-state index contributed by atoms with van der Waals surface area (Å²) in [4.78, 5) is 0. The molecule has 2 N–H and O–H groups in total. The minimum atomic E-state index is -0.334. The highest BCUT2D eigenvalue weighted by Crippen LogP contribution is 2.32. The zero-order valence-electron chi connectivity index (χ0n) is 10.1. The van der Waals surface area contributed by atoms with Crippen LogP contribution >= 0.6 is 0 Å². The molecule has 3 nitrogen and oxygen atoms in total. The number of unbranched alkanes of at least 4 members (excludes halogenated alkanes) is 1. The topological polar surface area (TPSA) is 49.7 Å². The van der Waals surface area contributed by atoms with Crippen LogP contribution in [0.3, 0.4) is 0 Å². The van der Waals surface area contributed by atoms with E-state index in [2.05, 4.69) is 6.07 Å². The van der Waals surface area contributed by atoms with Gasteiger partial charge in [-0.1, -0.05) is 6.07 Å². The fourth-order valence-corrected chi connectivity index (χ4v) is 2.25. The van der Waals surface area contributed by atoms with E-state index in [0.717, 1.165) is 43.4 Å². The molecule has 94 valence electrons. The Hall–Kier alpha value is -1.06. The fourth-order valence-electron chi connectivity index (χ4n) is 2.25. The van der Waals surface area contributed by atoms with Gasteiger partial charge in [-0.15, -0.1) is 0 Å². The second-order valence-corrected chi connectivity index (χ2v) is 4.55. The second-order valence-electron chi connectivity index (χ2n) is 4.55. The monoisotopic (exact) mass is 236 g/mol. The molecule has 1 aliphatic rings. The van der Waals surface area contributed by atoms with Crippen molar-refractivity contribution in [3.63, 3.8) is 0 Å². The highest BCUT2D eigenvalue weighted by molar-refractivity contribution is 5.38. The molecule has 3 heteroatoms. The lowest BCUT2D eigenvalue weighted by Crippen LogP contribution is -2.09. The molecular weight excluding hydrogens is 216 g/mol. The van der Waals surface area contributed by atoms with Gasteiger partial charge in [0.1, 0.15) is 5.75 Å². The molecule has 1 atom stereocenters. The van der Waals surface area contributed by atoms with Crippen LogP contribution in [-0.4, -0.2) is 23.4 Å².